The van der Waals surface area contributed by atoms with E-state index in [4.69, 9.17) is 15.2 Å². The third-order valence-electron chi connectivity index (χ3n) is 2.67. The van der Waals surface area contributed by atoms with Crippen molar-refractivity contribution in [2.75, 3.05) is 14.2 Å². The van der Waals surface area contributed by atoms with Gasteiger partial charge in [0, 0.05) is 6.54 Å². The van der Waals surface area contributed by atoms with Crippen LogP contribution < -0.4 is 20.5 Å². The first-order chi connectivity index (χ1) is 9.12. The van der Waals surface area contributed by atoms with Gasteiger partial charge < -0.3 is 20.5 Å². The van der Waals surface area contributed by atoms with E-state index < -0.39 is 6.04 Å². The van der Waals surface area contributed by atoms with Crippen LogP contribution in [0.3, 0.4) is 0 Å². The Balaban J connectivity index is 2.63. The number of amides is 1. The molecule has 0 aliphatic carbocycles. The molecule has 0 saturated carbocycles. The number of rotatable bonds is 7. The third-order valence-corrected chi connectivity index (χ3v) is 2.67. The van der Waals surface area contributed by atoms with Crippen LogP contribution in [0.2, 0.25) is 0 Å². The molecule has 1 unspecified atom stereocenters. The molecule has 104 valence electrons. The summed E-state index contributed by atoms with van der Waals surface area (Å²) in [6.07, 6.45) is 2.08. The highest BCUT2D eigenvalue weighted by Gasteiger charge is 2.11. The molecule has 0 fully saturated rings. The predicted octanol–water partition coefficient (Wildman–Crippen LogP) is 1.22. The smallest absolute Gasteiger partial charge is 0.237 e. The lowest BCUT2D eigenvalue weighted by molar-refractivity contribution is -0.122. The van der Waals surface area contributed by atoms with Gasteiger partial charge in [0.2, 0.25) is 5.91 Å². The van der Waals surface area contributed by atoms with Crippen molar-refractivity contribution in [2.45, 2.75) is 19.0 Å². The minimum absolute atomic E-state index is 0.199. The van der Waals surface area contributed by atoms with Crippen molar-refractivity contribution in [1.29, 1.82) is 0 Å². The number of hydrogen-bond acceptors (Lipinski definition) is 4. The molecule has 0 bridgehead atoms. The van der Waals surface area contributed by atoms with Crippen LogP contribution in [0.1, 0.15) is 12.0 Å². The molecular formula is C14H20N2O3. The zero-order chi connectivity index (χ0) is 14.3. The first kappa shape index (κ1) is 15.0. The van der Waals surface area contributed by atoms with E-state index in [-0.39, 0.29) is 5.91 Å². The monoisotopic (exact) mass is 264 g/mol. The lowest BCUT2D eigenvalue weighted by Crippen LogP contribution is -2.39. The number of ether oxygens (including phenoxy) is 2. The van der Waals surface area contributed by atoms with Gasteiger partial charge in [-0.15, -0.1) is 6.58 Å². The summed E-state index contributed by atoms with van der Waals surface area (Å²) in [5.74, 6) is 1.08. The standard InChI is InChI=1S/C14H20N2O3/c1-4-5-11(15)14(17)16-9-10-6-7-12(18-2)13(8-10)19-3/h4,6-8,11H,1,5,9,15H2,2-3H3,(H,16,17). The summed E-state index contributed by atoms with van der Waals surface area (Å²) in [6.45, 7) is 3.95. The largest absolute Gasteiger partial charge is 0.493 e. The van der Waals surface area contributed by atoms with Crippen molar-refractivity contribution >= 4 is 5.91 Å². The van der Waals surface area contributed by atoms with Crippen molar-refractivity contribution in [3.8, 4) is 11.5 Å². The first-order valence-electron chi connectivity index (χ1n) is 5.97. The van der Waals surface area contributed by atoms with Crippen molar-refractivity contribution in [3.63, 3.8) is 0 Å². The molecule has 0 aliphatic rings. The van der Waals surface area contributed by atoms with E-state index in [9.17, 15) is 4.79 Å². The van der Waals surface area contributed by atoms with Crippen molar-refractivity contribution in [3.05, 3.63) is 36.4 Å². The Morgan fingerprint density at radius 2 is 2.11 bits per heavy atom. The first-order valence-corrected chi connectivity index (χ1v) is 5.97. The number of carbonyl (C=O) groups excluding carboxylic acids is 1. The molecule has 5 nitrogen and oxygen atoms in total. The van der Waals surface area contributed by atoms with Crippen LogP contribution in [0.5, 0.6) is 11.5 Å². The van der Waals surface area contributed by atoms with Gasteiger partial charge >= 0.3 is 0 Å². The Kier molecular flexibility index (Phi) is 5.89. The number of methoxy groups -OCH3 is 2. The summed E-state index contributed by atoms with van der Waals surface area (Å²) in [5.41, 5.74) is 6.58. The third kappa shape index (κ3) is 4.30. The number of nitrogens with two attached hydrogens (primary N) is 1. The Bertz CT molecular complexity index is 446. The molecule has 1 aromatic carbocycles. The second kappa shape index (κ2) is 7.43. The number of nitrogens with one attached hydrogen (secondary N) is 1. The fourth-order valence-electron chi connectivity index (χ4n) is 1.60. The van der Waals surface area contributed by atoms with Crippen molar-refractivity contribution < 1.29 is 14.3 Å². The molecule has 1 amide bonds. The van der Waals surface area contributed by atoms with Crippen molar-refractivity contribution in [1.82, 2.24) is 5.32 Å². The van der Waals surface area contributed by atoms with Gasteiger partial charge in [0.15, 0.2) is 11.5 Å². The minimum Gasteiger partial charge on any atom is -0.493 e. The predicted molar refractivity (Wildman–Crippen MR) is 74.2 cm³/mol. The quantitative estimate of drug-likeness (QED) is 0.726. The molecule has 0 aliphatic heterocycles. The van der Waals surface area contributed by atoms with Crippen LogP contribution in [0.25, 0.3) is 0 Å². The van der Waals surface area contributed by atoms with E-state index in [2.05, 4.69) is 11.9 Å². The Morgan fingerprint density at radius 3 is 2.68 bits per heavy atom. The lowest BCUT2D eigenvalue weighted by Gasteiger charge is -2.12. The van der Waals surface area contributed by atoms with Crippen LogP contribution in [0.15, 0.2) is 30.9 Å². The van der Waals surface area contributed by atoms with E-state index in [0.29, 0.717) is 24.5 Å². The SMILES string of the molecule is C=CCC(N)C(=O)NCc1ccc(OC)c(OC)c1. The zero-order valence-electron chi connectivity index (χ0n) is 11.3. The number of hydrogen-bond donors (Lipinski definition) is 2. The second-order valence-electron chi connectivity index (χ2n) is 4.04. The van der Waals surface area contributed by atoms with Gasteiger partial charge in [0.1, 0.15) is 0 Å². The zero-order valence-corrected chi connectivity index (χ0v) is 11.3. The molecule has 1 rings (SSSR count). The number of benzene rings is 1. The summed E-state index contributed by atoms with van der Waals surface area (Å²) < 4.78 is 10.3. The molecule has 0 saturated heterocycles. The Morgan fingerprint density at radius 1 is 1.42 bits per heavy atom. The molecule has 0 aromatic heterocycles. The van der Waals surface area contributed by atoms with Gasteiger partial charge in [0.25, 0.3) is 0 Å². The Hall–Kier alpha value is -2.01. The van der Waals surface area contributed by atoms with Gasteiger partial charge in [-0.1, -0.05) is 12.1 Å². The van der Waals surface area contributed by atoms with E-state index in [1.165, 1.54) is 0 Å². The van der Waals surface area contributed by atoms with Gasteiger partial charge in [-0.25, -0.2) is 0 Å². The van der Waals surface area contributed by atoms with Gasteiger partial charge in [-0.05, 0) is 24.1 Å². The molecule has 0 spiro atoms. The number of carbonyl (C=O) groups is 1. The van der Waals surface area contributed by atoms with E-state index >= 15 is 0 Å². The highest BCUT2D eigenvalue weighted by Crippen LogP contribution is 2.27. The van der Waals surface area contributed by atoms with Gasteiger partial charge in [-0.2, -0.15) is 0 Å². The fraction of sp³-hybridized carbons (Fsp3) is 0.357. The van der Waals surface area contributed by atoms with Crippen LogP contribution in [0.4, 0.5) is 0 Å². The van der Waals surface area contributed by atoms with Crippen LogP contribution in [-0.4, -0.2) is 26.2 Å². The van der Waals surface area contributed by atoms with Crippen LogP contribution >= 0.6 is 0 Å². The summed E-state index contributed by atoms with van der Waals surface area (Å²) in [5, 5.41) is 2.76. The lowest BCUT2D eigenvalue weighted by atomic mass is 10.1. The van der Waals surface area contributed by atoms with Crippen molar-refractivity contribution in [2.24, 2.45) is 5.73 Å². The highest BCUT2D eigenvalue weighted by molar-refractivity contribution is 5.81. The second-order valence-corrected chi connectivity index (χ2v) is 4.04. The molecule has 5 heteroatoms. The van der Waals surface area contributed by atoms with E-state index in [1.54, 1.807) is 26.4 Å². The highest BCUT2D eigenvalue weighted by atomic mass is 16.5. The van der Waals surface area contributed by atoms with Gasteiger partial charge in [-0.3, -0.25) is 4.79 Å². The summed E-state index contributed by atoms with van der Waals surface area (Å²) in [6, 6.07) is 4.92. The average molecular weight is 264 g/mol. The summed E-state index contributed by atoms with van der Waals surface area (Å²) >= 11 is 0. The fourth-order valence-corrected chi connectivity index (χ4v) is 1.60. The summed E-state index contributed by atoms with van der Waals surface area (Å²) in [7, 11) is 3.15. The Labute approximate surface area is 113 Å². The van der Waals surface area contributed by atoms with Crippen LogP contribution in [-0.2, 0) is 11.3 Å². The molecule has 19 heavy (non-hydrogen) atoms. The minimum atomic E-state index is -0.558. The van der Waals surface area contributed by atoms with E-state index in [1.807, 2.05) is 12.1 Å². The maximum absolute atomic E-state index is 11.6. The maximum Gasteiger partial charge on any atom is 0.237 e. The summed E-state index contributed by atoms with van der Waals surface area (Å²) in [4.78, 5) is 11.6. The normalized spacial score (nSPS) is 11.5. The maximum atomic E-state index is 11.6. The van der Waals surface area contributed by atoms with E-state index in [0.717, 1.165) is 5.56 Å². The molecule has 1 aromatic rings. The molecule has 0 heterocycles. The molecule has 1 atom stereocenters. The van der Waals surface area contributed by atoms with Crippen LogP contribution in [0, 0.1) is 0 Å². The molecular weight excluding hydrogens is 244 g/mol. The van der Waals surface area contributed by atoms with Gasteiger partial charge in [0.05, 0.1) is 20.3 Å². The molecule has 3 N–H and O–H groups in total. The molecule has 0 radical (unpaired) electrons. The topological polar surface area (TPSA) is 73.6 Å². The average Bonchev–Trinajstić information content (AvgIpc) is 2.44.